The predicted octanol–water partition coefficient (Wildman–Crippen LogP) is -0.227. The number of nitrogens with one attached hydrogen (secondary N) is 1. The van der Waals surface area contributed by atoms with Crippen molar-refractivity contribution in [2.45, 2.75) is 0 Å². The first kappa shape index (κ1) is 9.12. The molecule has 3 N–H and O–H groups in total. The van der Waals surface area contributed by atoms with Crippen molar-refractivity contribution in [3.8, 4) is 0 Å². The Morgan fingerprint density at radius 3 is 3.00 bits per heavy atom. The van der Waals surface area contributed by atoms with E-state index in [1.807, 2.05) is 0 Å². The fourth-order valence-corrected chi connectivity index (χ4v) is 0.942. The van der Waals surface area contributed by atoms with Crippen molar-refractivity contribution in [3.05, 3.63) is 0 Å². The topological polar surface area (TPSA) is 129 Å². The Bertz CT molecular complexity index is 509. The van der Waals surface area contributed by atoms with Crippen molar-refractivity contribution in [2.24, 2.45) is 0 Å². The molecule has 1 amide bonds. The molecule has 0 radical (unpaired) electrons. The van der Waals surface area contributed by atoms with Crippen LogP contribution in [0.1, 0.15) is 0 Å². The maximum Gasteiger partial charge on any atom is 0.412 e. The molecule has 9 nitrogen and oxygen atoms in total. The third-order valence-corrected chi connectivity index (χ3v) is 1.55. The van der Waals surface area contributed by atoms with Crippen molar-refractivity contribution in [2.75, 3.05) is 18.2 Å². The minimum Gasteiger partial charge on any atom is -0.453 e. The van der Waals surface area contributed by atoms with E-state index in [0.29, 0.717) is 0 Å². The van der Waals surface area contributed by atoms with Crippen LogP contribution in [-0.2, 0) is 4.74 Å². The van der Waals surface area contributed by atoms with E-state index in [2.05, 4.69) is 35.0 Å². The van der Waals surface area contributed by atoms with Crippen LogP contribution in [-0.4, -0.2) is 33.5 Å². The molecular weight excluding hydrogens is 204 g/mol. The molecule has 2 rings (SSSR count). The van der Waals surface area contributed by atoms with Gasteiger partial charge in [0, 0.05) is 0 Å². The monoisotopic (exact) mass is 210 g/mol. The first-order valence-corrected chi connectivity index (χ1v) is 3.81. The first-order chi connectivity index (χ1) is 7.20. The Balaban J connectivity index is 2.48. The first-order valence-electron chi connectivity index (χ1n) is 3.81. The summed E-state index contributed by atoms with van der Waals surface area (Å²) in [7, 11) is 1.22. The van der Waals surface area contributed by atoms with Crippen LogP contribution in [0.5, 0.6) is 0 Å². The van der Waals surface area contributed by atoms with Gasteiger partial charge < -0.3 is 10.5 Å². The van der Waals surface area contributed by atoms with Crippen molar-refractivity contribution < 1.29 is 14.2 Å². The maximum atomic E-state index is 10.9. The highest BCUT2D eigenvalue weighted by Crippen LogP contribution is 2.16. The second-order valence-electron chi connectivity index (χ2n) is 2.48. The third kappa shape index (κ3) is 1.61. The van der Waals surface area contributed by atoms with Gasteiger partial charge in [-0.1, -0.05) is 0 Å². The van der Waals surface area contributed by atoms with Gasteiger partial charge >= 0.3 is 6.09 Å². The van der Waals surface area contributed by atoms with Crippen LogP contribution >= 0.6 is 0 Å². The van der Waals surface area contributed by atoms with Crippen molar-refractivity contribution in [3.63, 3.8) is 0 Å². The Kier molecular flexibility index (Phi) is 2.04. The van der Waals surface area contributed by atoms with E-state index in [9.17, 15) is 4.79 Å². The number of carbonyl (C=O) groups excluding carboxylic acids is 1. The molecule has 2 heterocycles. The number of hydrogen-bond donors (Lipinski definition) is 2. The van der Waals surface area contributed by atoms with Gasteiger partial charge in [0.2, 0.25) is 11.6 Å². The van der Waals surface area contributed by atoms with Crippen LogP contribution in [0, 0.1) is 0 Å². The number of aromatic nitrogens is 4. The molecule has 78 valence electrons. The molecule has 15 heavy (non-hydrogen) atoms. The Hall–Kier alpha value is -2.45. The van der Waals surface area contributed by atoms with Gasteiger partial charge in [-0.2, -0.15) is 9.97 Å². The van der Waals surface area contributed by atoms with E-state index in [4.69, 9.17) is 5.73 Å². The molecule has 0 aliphatic carbocycles. The van der Waals surface area contributed by atoms with Crippen molar-refractivity contribution in [1.29, 1.82) is 0 Å². The lowest BCUT2D eigenvalue weighted by Gasteiger charge is -2.02. The lowest BCUT2D eigenvalue weighted by Crippen LogP contribution is -2.13. The number of nitrogens with two attached hydrogens (primary N) is 1. The van der Waals surface area contributed by atoms with E-state index in [0.717, 1.165) is 0 Å². The summed E-state index contributed by atoms with van der Waals surface area (Å²) in [5.41, 5.74) is 5.74. The summed E-state index contributed by atoms with van der Waals surface area (Å²) in [6.45, 7) is 0. The molecule has 2 aromatic rings. The lowest BCUT2D eigenvalue weighted by atomic mass is 10.5. The number of amides is 1. The summed E-state index contributed by atoms with van der Waals surface area (Å²) < 4.78 is 8.82. The number of carbonyl (C=O) groups is 1. The SMILES string of the molecule is COC(=O)Nc1nc(N)nc2nonc12. The van der Waals surface area contributed by atoms with Crippen molar-refractivity contribution >= 4 is 29.0 Å². The average molecular weight is 210 g/mol. The summed E-state index contributed by atoms with van der Waals surface area (Å²) in [6, 6.07) is 0. The van der Waals surface area contributed by atoms with E-state index in [-0.39, 0.29) is 22.9 Å². The molecule has 0 fully saturated rings. The molecule has 0 bridgehead atoms. The normalized spacial score (nSPS) is 10.2. The molecule has 0 saturated heterocycles. The Morgan fingerprint density at radius 2 is 2.27 bits per heavy atom. The molecule has 0 spiro atoms. The maximum absolute atomic E-state index is 10.9. The molecular formula is C6H6N6O3. The van der Waals surface area contributed by atoms with Gasteiger partial charge in [0.05, 0.1) is 7.11 Å². The smallest absolute Gasteiger partial charge is 0.412 e. The quantitative estimate of drug-likeness (QED) is 0.660. The average Bonchev–Trinajstić information content (AvgIpc) is 2.65. The fraction of sp³-hybridized carbons (Fsp3) is 0.167. The zero-order chi connectivity index (χ0) is 10.8. The zero-order valence-corrected chi connectivity index (χ0v) is 7.59. The van der Waals surface area contributed by atoms with E-state index < -0.39 is 6.09 Å². The summed E-state index contributed by atoms with van der Waals surface area (Å²) >= 11 is 0. The van der Waals surface area contributed by atoms with Gasteiger partial charge in [0.15, 0.2) is 11.3 Å². The van der Waals surface area contributed by atoms with E-state index in [1.54, 1.807) is 0 Å². The highest BCUT2D eigenvalue weighted by molar-refractivity contribution is 5.93. The minimum atomic E-state index is -0.697. The molecule has 0 aliphatic rings. The number of rotatable bonds is 1. The standard InChI is InChI=1S/C6H6N6O3/c1-14-6(13)10-3-2-4(12-15-11-2)9-5(7)8-3/h1H3,(H3,7,8,9,10,12,13). The van der Waals surface area contributed by atoms with Gasteiger partial charge in [-0.15, -0.1) is 0 Å². The van der Waals surface area contributed by atoms with E-state index >= 15 is 0 Å². The number of hydrogen-bond acceptors (Lipinski definition) is 8. The molecule has 0 aromatic carbocycles. The van der Waals surface area contributed by atoms with Gasteiger partial charge in [0.25, 0.3) is 0 Å². The fourth-order valence-electron chi connectivity index (χ4n) is 0.942. The number of ether oxygens (including phenoxy) is 1. The van der Waals surface area contributed by atoms with Gasteiger partial charge in [-0.3, -0.25) is 5.32 Å². The Labute approximate surface area is 82.6 Å². The van der Waals surface area contributed by atoms with E-state index in [1.165, 1.54) is 7.11 Å². The van der Waals surface area contributed by atoms with Crippen LogP contribution < -0.4 is 11.1 Å². The van der Waals surface area contributed by atoms with Gasteiger partial charge in [0.1, 0.15) is 0 Å². The summed E-state index contributed by atoms with van der Waals surface area (Å²) in [5.74, 6) is 0.0372. The highest BCUT2D eigenvalue weighted by Gasteiger charge is 2.13. The predicted molar refractivity (Wildman–Crippen MR) is 47.8 cm³/mol. The second-order valence-corrected chi connectivity index (χ2v) is 2.48. The summed E-state index contributed by atoms with van der Waals surface area (Å²) in [6.07, 6.45) is -0.697. The van der Waals surface area contributed by atoms with Crippen LogP contribution in [0.3, 0.4) is 0 Å². The van der Waals surface area contributed by atoms with Crippen molar-refractivity contribution in [1.82, 2.24) is 20.3 Å². The van der Waals surface area contributed by atoms with Gasteiger partial charge in [-0.05, 0) is 10.3 Å². The highest BCUT2D eigenvalue weighted by atomic mass is 16.6. The molecule has 0 saturated carbocycles. The Morgan fingerprint density at radius 1 is 1.47 bits per heavy atom. The largest absolute Gasteiger partial charge is 0.453 e. The summed E-state index contributed by atoms with van der Waals surface area (Å²) in [4.78, 5) is 18.4. The molecule has 0 unspecified atom stereocenters. The van der Waals surface area contributed by atoms with Crippen LogP contribution in [0.4, 0.5) is 16.6 Å². The number of nitrogen functional groups attached to an aromatic ring is 1. The van der Waals surface area contributed by atoms with Crippen LogP contribution in [0.25, 0.3) is 11.2 Å². The third-order valence-electron chi connectivity index (χ3n) is 1.55. The molecule has 9 heteroatoms. The lowest BCUT2D eigenvalue weighted by molar-refractivity contribution is 0.187. The van der Waals surface area contributed by atoms with Crippen LogP contribution in [0.15, 0.2) is 4.63 Å². The number of fused-ring (bicyclic) bond motifs is 1. The van der Waals surface area contributed by atoms with Crippen LogP contribution in [0.2, 0.25) is 0 Å². The number of anilines is 2. The molecule has 0 atom stereocenters. The minimum absolute atomic E-state index is 0.0513. The summed E-state index contributed by atoms with van der Waals surface area (Å²) in [5, 5.41) is 9.28. The second kappa shape index (κ2) is 3.36. The molecule has 2 aromatic heterocycles. The van der Waals surface area contributed by atoms with Gasteiger partial charge in [-0.25, -0.2) is 9.42 Å². The zero-order valence-electron chi connectivity index (χ0n) is 7.59. The molecule has 0 aliphatic heterocycles. The number of nitrogens with zero attached hydrogens (tertiary/aromatic N) is 4. The number of methoxy groups -OCH3 is 1.